The maximum atomic E-state index is 13.5. The highest BCUT2D eigenvalue weighted by molar-refractivity contribution is 7.88. The average Bonchev–Trinajstić information content (AvgIpc) is 1.62. The van der Waals surface area contributed by atoms with E-state index in [1.807, 2.05) is 116 Å². The van der Waals surface area contributed by atoms with E-state index in [2.05, 4.69) is 51.8 Å². The van der Waals surface area contributed by atoms with E-state index in [0.29, 0.717) is 96.4 Å². The molecule has 0 aliphatic carbocycles. The fourth-order valence-corrected chi connectivity index (χ4v) is 15.7. The molecular weight excluding hydrogens is 1270 g/mol. The Balaban J connectivity index is 0.000000152. The number of likely N-dealkylation sites (tertiary alicyclic amines) is 4. The lowest BCUT2D eigenvalue weighted by Crippen LogP contribution is -2.40. The largest absolute Gasteiger partial charge is 0.342 e. The Morgan fingerprint density at radius 2 is 0.900 bits per heavy atom. The second-order valence-electron chi connectivity index (χ2n) is 27.1. The van der Waals surface area contributed by atoms with Crippen molar-refractivity contribution in [2.75, 3.05) is 84.8 Å². The quantitative estimate of drug-likeness (QED) is 0.0552. The number of carbonyl (C=O) groups excluding carboxylic acids is 4. The van der Waals surface area contributed by atoms with Crippen LogP contribution in [0.25, 0.3) is 64.7 Å². The number of nitrogens with zero attached hydrogens (tertiary/aromatic N) is 14. The molecule has 4 saturated heterocycles. The number of rotatable bonds is 19. The molecule has 0 spiro atoms. The van der Waals surface area contributed by atoms with Crippen LogP contribution in [-0.2, 0) is 27.7 Å². The Kier molecular flexibility index (Phi) is 23.1. The van der Waals surface area contributed by atoms with Gasteiger partial charge in [0.05, 0.1) is 102 Å². The molecule has 20 nitrogen and oxygen atoms in total. The molecule has 0 N–H and O–H groups in total. The maximum Gasteiger partial charge on any atom is 0.227 e. The fraction of sp³-hybridized carbons (Fsp3) is 0.418. The SMILES string of the molecule is [C-]#[N+]c1ccc(-n2c(C)c(C(=O)CN3CCCCC3)c3ncc(CC(=O)N4CCCC4)cc32)cc1.[C-]#[N+]c1ccc(-n2c(C)c(C(=O)CN3CCCCC3)c3ncc(CCN(CC)S(C)(=O)=O)cc32)cc1.[C-]#[N+]c1ccc(-n2c(C)c(C(=O)CN3CCCC[C@H]3C)c3ncc(C)cc32)cc1. The summed E-state index contributed by atoms with van der Waals surface area (Å²) >= 11 is 0. The molecule has 21 heteroatoms. The van der Waals surface area contributed by atoms with Gasteiger partial charge in [-0.05, 0) is 196 Å². The van der Waals surface area contributed by atoms with Crippen molar-refractivity contribution >= 4 is 83.4 Å². The molecule has 0 bridgehead atoms. The highest BCUT2D eigenvalue weighted by atomic mass is 32.2. The van der Waals surface area contributed by atoms with Gasteiger partial charge in [0.15, 0.2) is 34.4 Å². The molecule has 4 aliphatic heterocycles. The number of carbonyl (C=O) groups is 4. The van der Waals surface area contributed by atoms with Crippen LogP contribution >= 0.6 is 0 Å². The van der Waals surface area contributed by atoms with Crippen LogP contribution in [0, 0.1) is 47.4 Å². The second kappa shape index (κ2) is 32.2. The summed E-state index contributed by atoms with van der Waals surface area (Å²) in [5, 5.41) is 0. The molecule has 0 radical (unpaired) electrons. The third kappa shape index (κ3) is 16.2. The van der Waals surface area contributed by atoms with Gasteiger partial charge < -0.3 is 18.6 Å². The van der Waals surface area contributed by atoms with Crippen molar-refractivity contribution in [3.8, 4) is 17.1 Å². The predicted molar refractivity (Wildman–Crippen MR) is 395 cm³/mol. The minimum absolute atomic E-state index is 0.0606. The molecule has 9 aromatic rings. The summed E-state index contributed by atoms with van der Waals surface area (Å²) in [6.45, 7) is 42.0. The number of hydrogen-bond acceptors (Lipinski definition) is 12. The Morgan fingerprint density at radius 1 is 0.510 bits per heavy atom. The minimum Gasteiger partial charge on any atom is -0.342 e. The first-order valence-electron chi connectivity index (χ1n) is 35.2. The summed E-state index contributed by atoms with van der Waals surface area (Å²) in [6, 6.07) is 28.7. The van der Waals surface area contributed by atoms with Crippen molar-refractivity contribution < 1.29 is 27.6 Å². The van der Waals surface area contributed by atoms with Gasteiger partial charge in [0.25, 0.3) is 0 Å². The first-order chi connectivity index (χ1) is 48.3. The van der Waals surface area contributed by atoms with Gasteiger partial charge >= 0.3 is 0 Å². The number of pyridine rings is 3. The van der Waals surface area contributed by atoms with E-state index in [1.54, 1.807) is 36.7 Å². The van der Waals surface area contributed by atoms with E-state index < -0.39 is 10.0 Å². The zero-order valence-electron chi connectivity index (χ0n) is 58.8. The molecule has 4 aliphatic rings. The van der Waals surface area contributed by atoms with Gasteiger partial charge in [-0.1, -0.05) is 62.6 Å². The molecule has 0 saturated carbocycles. The molecule has 10 heterocycles. The highest BCUT2D eigenvalue weighted by Gasteiger charge is 2.30. The number of ketones is 3. The third-order valence-electron chi connectivity index (χ3n) is 20.1. The Labute approximate surface area is 587 Å². The van der Waals surface area contributed by atoms with Crippen molar-refractivity contribution in [2.24, 2.45) is 0 Å². The van der Waals surface area contributed by atoms with Gasteiger partial charge in [0.1, 0.15) is 0 Å². The van der Waals surface area contributed by atoms with E-state index in [0.717, 1.165) is 170 Å². The van der Waals surface area contributed by atoms with Crippen LogP contribution < -0.4 is 0 Å². The number of Topliss-reactive ketones (excluding diaryl/α,β-unsaturated/α-hetero) is 3. The summed E-state index contributed by atoms with van der Waals surface area (Å²) in [7, 11) is -3.28. The van der Waals surface area contributed by atoms with E-state index in [1.165, 1.54) is 29.8 Å². The van der Waals surface area contributed by atoms with Gasteiger partial charge in [0.2, 0.25) is 15.9 Å². The molecule has 100 heavy (non-hydrogen) atoms. The van der Waals surface area contributed by atoms with E-state index in [9.17, 15) is 27.6 Å². The summed E-state index contributed by atoms with van der Waals surface area (Å²) in [5.41, 5.74) is 16.4. The topological polar surface area (TPSA) is 185 Å². The van der Waals surface area contributed by atoms with Crippen molar-refractivity contribution in [3.05, 3.63) is 194 Å². The molecule has 518 valence electrons. The lowest BCUT2D eigenvalue weighted by Gasteiger charge is -2.32. The number of fused-ring (bicyclic) bond motifs is 3. The number of amides is 1. The van der Waals surface area contributed by atoms with Crippen LogP contribution in [-0.4, -0.2) is 175 Å². The van der Waals surface area contributed by atoms with E-state index in [-0.39, 0.29) is 23.3 Å². The van der Waals surface area contributed by atoms with Gasteiger partial charge in [-0.3, -0.25) is 48.8 Å². The number of piperidine rings is 3. The van der Waals surface area contributed by atoms with Crippen LogP contribution in [0.2, 0.25) is 0 Å². The first-order valence-corrected chi connectivity index (χ1v) is 37.0. The monoisotopic (exact) mass is 1360 g/mol. The molecule has 1 atom stereocenters. The molecule has 1 amide bonds. The Morgan fingerprint density at radius 3 is 1.32 bits per heavy atom. The fourth-order valence-electron chi connectivity index (χ4n) is 14.8. The third-order valence-corrected chi connectivity index (χ3v) is 21.5. The predicted octanol–water partition coefficient (Wildman–Crippen LogP) is 14.3. The molecule has 6 aromatic heterocycles. The first kappa shape index (κ1) is 71.7. The molecule has 0 unspecified atom stereocenters. The number of hydrogen-bond donors (Lipinski definition) is 0. The number of sulfonamides is 1. The summed E-state index contributed by atoms with van der Waals surface area (Å²) in [5.74, 6) is 0.403. The van der Waals surface area contributed by atoms with Crippen LogP contribution in [0.5, 0.6) is 0 Å². The van der Waals surface area contributed by atoms with Crippen molar-refractivity contribution in [3.63, 3.8) is 0 Å². The molecule has 13 rings (SSSR count). The minimum atomic E-state index is -3.28. The van der Waals surface area contributed by atoms with Crippen LogP contribution in [0.15, 0.2) is 110 Å². The van der Waals surface area contributed by atoms with Crippen molar-refractivity contribution in [1.29, 1.82) is 0 Å². The van der Waals surface area contributed by atoms with Gasteiger partial charge in [-0.25, -0.2) is 27.3 Å². The van der Waals surface area contributed by atoms with Crippen LogP contribution in [0.1, 0.15) is 149 Å². The highest BCUT2D eigenvalue weighted by Crippen LogP contribution is 2.35. The molecule has 3 aromatic carbocycles. The molecular formula is C79H90N14O6S. The van der Waals surface area contributed by atoms with E-state index in [4.69, 9.17) is 29.7 Å². The second-order valence-corrected chi connectivity index (χ2v) is 29.1. The summed E-state index contributed by atoms with van der Waals surface area (Å²) in [4.78, 5) is 86.5. The van der Waals surface area contributed by atoms with Crippen molar-refractivity contribution in [2.45, 2.75) is 131 Å². The van der Waals surface area contributed by atoms with Gasteiger partial charge in [-0.2, -0.15) is 0 Å². The van der Waals surface area contributed by atoms with Crippen LogP contribution in [0.4, 0.5) is 17.1 Å². The smallest absolute Gasteiger partial charge is 0.227 e. The number of aromatic nitrogens is 6. The van der Waals surface area contributed by atoms with Gasteiger partial charge in [0, 0.05) is 85.0 Å². The standard InChI is InChI=1S/C28H31N5O2.C27H33N5O3S.C24H26N4O/c1-20-27(25(34)19-31-12-4-3-5-13-31)28-24(33(20)23-10-8-22(29-2)9-11-23)16-21(18-30-28)17-26(35)32-14-6-7-15-32;1-5-31(36(4,34)35)16-13-21-17-24-27(29-18-21)26(25(33)19-30-14-7-6-8-15-30)20(2)32(24)23-11-9-22(28-3)10-12-23;1-16-13-21-24(26-14-16)23(22(29)15-27-12-6-5-7-17(27)2)18(3)28(21)20-10-8-19(25-4)9-11-20/h8-11,16,18H,3-7,12-15,17,19H2,1H3;9-12,17-18H,5-8,13-16,19H2,1-2,4H3;8-11,13-14,17H,5-7,12,15H2,1-3H3/t;;17-/m..1/s1. The average molecular weight is 1360 g/mol. The zero-order chi connectivity index (χ0) is 70.8. The normalized spacial score (nSPS) is 16.2. The van der Waals surface area contributed by atoms with E-state index >= 15 is 0 Å². The lowest BCUT2D eigenvalue weighted by atomic mass is 10.0. The Hall–Kier alpha value is -9.53. The number of aryl methyl sites for hydroxylation is 1. The van der Waals surface area contributed by atoms with Crippen LogP contribution in [0.3, 0.4) is 0 Å². The molecule has 4 fully saturated rings. The Bertz CT molecular complexity index is 4740. The van der Waals surface area contributed by atoms with Gasteiger partial charge in [-0.15, -0.1) is 0 Å². The summed E-state index contributed by atoms with van der Waals surface area (Å²) in [6.07, 6.45) is 20.0. The number of benzene rings is 3. The van der Waals surface area contributed by atoms with Crippen molar-refractivity contribution in [1.82, 2.24) is 52.6 Å². The zero-order valence-corrected chi connectivity index (χ0v) is 59.6. The number of likely N-dealkylation sites (N-methyl/N-ethyl adjacent to an activating group) is 1. The lowest BCUT2D eigenvalue weighted by molar-refractivity contribution is -0.129. The maximum absolute atomic E-state index is 13.5. The summed E-state index contributed by atoms with van der Waals surface area (Å²) < 4.78 is 31.6.